The van der Waals surface area contributed by atoms with Gasteiger partial charge in [-0.15, -0.1) is 11.3 Å². The van der Waals surface area contributed by atoms with Gasteiger partial charge in [0.25, 0.3) is 0 Å². The Labute approximate surface area is 108 Å². The summed E-state index contributed by atoms with van der Waals surface area (Å²) in [7, 11) is 0. The molecule has 0 aliphatic heterocycles. The summed E-state index contributed by atoms with van der Waals surface area (Å²) in [6, 6.07) is 8.18. The summed E-state index contributed by atoms with van der Waals surface area (Å²) in [5, 5.41) is 10.0. The Hall–Kier alpha value is -0.900. The number of thiophene rings is 1. The lowest BCUT2D eigenvalue weighted by Gasteiger charge is -2.10. The van der Waals surface area contributed by atoms with E-state index in [1.165, 1.54) is 23.5 Å². The Morgan fingerprint density at radius 3 is 2.71 bits per heavy atom. The molecule has 0 radical (unpaired) electrons. The summed E-state index contributed by atoms with van der Waals surface area (Å²) in [5.41, 5.74) is 1.80. The third-order valence-electron chi connectivity index (χ3n) is 2.64. The molecule has 0 amide bonds. The van der Waals surface area contributed by atoms with Crippen LogP contribution < -0.4 is 0 Å². The van der Waals surface area contributed by atoms with Gasteiger partial charge in [0.1, 0.15) is 5.82 Å². The smallest absolute Gasteiger partial charge is 0.123 e. The van der Waals surface area contributed by atoms with Gasteiger partial charge in [-0.1, -0.05) is 17.7 Å². The van der Waals surface area contributed by atoms with E-state index in [9.17, 15) is 9.50 Å². The number of aliphatic hydroxyl groups is 1. The van der Waals surface area contributed by atoms with Gasteiger partial charge in [0.15, 0.2) is 0 Å². The van der Waals surface area contributed by atoms with E-state index in [-0.39, 0.29) is 5.82 Å². The first-order valence-electron chi connectivity index (χ1n) is 5.24. The van der Waals surface area contributed by atoms with Crippen LogP contribution in [-0.4, -0.2) is 5.11 Å². The van der Waals surface area contributed by atoms with E-state index in [0.717, 1.165) is 16.0 Å². The SMILES string of the molecule is Cc1cc(F)ccc1CC(O)c1ccc(Cl)s1. The van der Waals surface area contributed by atoms with Crippen LogP contribution in [0, 0.1) is 12.7 Å². The Kier molecular flexibility index (Phi) is 3.82. The number of rotatable bonds is 3. The molecule has 1 nitrogen and oxygen atoms in total. The van der Waals surface area contributed by atoms with Crippen molar-refractivity contribution in [1.82, 2.24) is 0 Å². The summed E-state index contributed by atoms with van der Waals surface area (Å²) in [6.07, 6.45) is -0.111. The summed E-state index contributed by atoms with van der Waals surface area (Å²) >= 11 is 7.18. The topological polar surface area (TPSA) is 20.2 Å². The first kappa shape index (κ1) is 12.6. The molecule has 90 valence electrons. The van der Waals surface area contributed by atoms with Crippen molar-refractivity contribution in [1.29, 1.82) is 0 Å². The van der Waals surface area contributed by atoms with E-state index in [2.05, 4.69) is 0 Å². The number of halogens is 2. The summed E-state index contributed by atoms with van der Waals surface area (Å²) in [5.74, 6) is -0.250. The van der Waals surface area contributed by atoms with E-state index in [0.29, 0.717) is 10.8 Å². The molecule has 1 heterocycles. The minimum atomic E-state index is -0.586. The first-order chi connectivity index (χ1) is 8.06. The molecular formula is C13H12ClFOS. The lowest BCUT2D eigenvalue weighted by atomic mass is 10.0. The largest absolute Gasteiger partial charge is 0.387 e. The van der Waals surface area contributed by atoms with Crippen LogP contribution in [0.3, 0.4) is 0 Å². The molecule has 0 spiro atoms. The average Bonchev–Trinajstić information content (AvgIpc) is 2.69. The molecule has 1 atom stereocenters. The predicted octanol–water partition coefficient (Wildman–Crippen LogP) is 4.13. The van der Waals surface area contributed by atoms with Crippen molar-refractivity contribution in [2.75, 3.05) is 0 Å². The van der Waals surface area contributed by atoms with Crippen molar-refractivity contribution < 1.29 is 9.50 Å². The molecule has 0 aliphatic rings. The van der Waals surface area contributed by atoms with Crippen molar-refractivity contribution >= 4 is 22.9 Å². The Bertz CT molecular complexity index is 524. The molecule has 0 fully saturated rings. The van der Waals surface area contributed by atoms with Crippen LogP contribution in [0.5, 0.6) is 0 Å². The number of hydrogen-bond acceptors (Lipinski definition) is 2. The van der Waals surface area contributed by atoms with Crippen molar-refractivity contribution in [2.45, 2.75) is 19.4 Å². The number of aryl methyl sites for hydroxylation is 1. The zero-order valence-corrected chi connectivity index (χ0v) is 10.9. The third-order valence-corrected chi connectivity index (χ3v) is 3.97. The summed E-state index contributed by atoms with van der Waals surface area (Å²) in [4.78, 5) is 0.832. The van der Waals surface area contributed by atoms with Crippen LogP contribution >= 0.6 is 22.9 Å². The van der Waals surface area contributed by atoms with Gasteiger partial charge in [-0.3, -0.25) is 0 Å². The fourth-order valence-corrected chi connectivity index (χ4v) is 2.75. The molecular weight excluding hydrogens is 259 g/mol. The molecule has 1 N–H and O–H groups in total. The normalized spacial score (nSPS) is 12.7. The second-order valence-corrected chi connectivity index (χ2v) is 5.68. The number of benzene rings is 1. The van der Waals surface area contributed by atoms with Crippen molar-refractivity contribution in [3.05, 3.63) is 56.5 Å². The molecule has 17 heavy (non-hydrogen) atoms. The van der Waals surface area contributed by atoms with E-state index >= 15 is 0 Å². The molecule has 2 aromatic rings. The quantitative estimate of drug-likeness (QED) is 0.889. The highest BCUT2D eigenvalue weighted by molar-refractivity contribution is 7.16. The highest BCUT2D eigenvalue weighted by Gasteiger charge is 2.12. The van der Waals surface area contributed by atoms with E-state index in [4.69, 9.17) is 11.6 Å². The molecule has 0 aliphatic carbocycles. The van der Waals surface area contributed by atoms with Crippen molar-refractivity contribution in [3.63, 3.8) is 0 Å². The zero-order valence-electron chi connectivity index (χ0n) is 9.28. The zero-order chi connectivity index (χ0) is 12.4. The standard InChI is InChI=1S/C13H12ClFOS/c1-8-6-10(15)3-2-9(8)7-11(16)12-4-5-13(14)17-12/h2-6,11,16H,7H2,1H3. The first-order valence-corrected chi connectivity index (χ1v) is 6.44. The molecule has 0 saturated carbocycles. The van der Waals surface area contributed by atoms with Gasteiger partial charge in [0, 0.05) is 11.3 Å². The maximum atomic E-state index is 12.9. The van der Waals surface area contributed by atoms with Gasteiger partial charge in [-0.2, -0.15) is 0 Å². The molecule has 4 heteroatoms. The van der Waals surface area contributed by atoms with Crippen molar-refractivity contribution in [2.24, 2.45) is 0 Å². The summed E-state index contributed by atoms with van der Waals surface area (Å²) in [6.45, 7) is 1.84. The predicted molar refractivity (Wildman–Crippen MR) is 69.1 cm³/mol. The van der Waals surface area contributed by atoms with Crippen LogP contribution in [0.25, 0.3) is 0 Å². The van der Waals surface area contributed by atoms with Gasteiger partial charge in [-0.05, 0) is 42.3 Å². The van der Waals surface area contributed by atoms with Gasteiger partial charge in [0.2, 0.25) is 0 Å². The van der Waals surface area contributed by atoms with Gasteiger partial charge >= 0.3 is 0 Å². The number of aliphatic hydroxyl groups excluding tert-OH is 1. The Morgan fingerprint density at radius 2 is 2.12 bits per heavy atom. The fourth-order valence-electron chi connectivity index (χ4n) is 1.70. The molecule has 1 aromatic heterocycles. The molecule has 1 unspecified atom stereocenters. The van der Waals surface area contributed by atoms with Crippen LogP contribution in [-0.2, 0) is 6.42 Å². The highest BCUT2D eigenvalue weighted by Crippen LogP contribution is 2.29. The van der Waals surface area contributed by atoms with Gasteiger partial charge < -0.3 is 5.11 Å². The van der Waals surface area contributed by atoms with Gasteiger partial charge in [0.05, 0.1) is 10.4 Å². The summed E-state index contributed by atoms with van der Waals surface area (Å²) < 4.78 is 13.6. The number of hydrogen-bond donors (Lipinski definition) is 1. The minimum absolute atomic E-state index is 0.250. The second-order valence-electron chi connectivity index (χ2n) is 3.93. The van der Waals surface area contributed by atoms with Crippen LogP contribution in [0.1, 0.15) is 22.1 Å². The van der Waals surface area contributed by atoms with Crippen LogP contribution in [0.4, 0.5) is 4.39 Å². The molecule has 0 bridgehead atoms. The fraction of sp³-hybridized carbons (Fsp3) is 0.231. The van der Waals surface area contributed by atoms with Crippen molar-refractivity contribution in [3.8, 4) is 0 Å². The Morgan fingerprint density at radius 1 is 1.35 bits per heavy atom. The molecule has 0 saturated heterocycles. The molecule has 1 aromatic carbocycles. The third kappa shape index (κ3) is 3.06. The molecule has 2 rings (SSSR count). The Balaban J connectivity index is 2.15. The van der Waals surface area contributed by atoms with E-state index < -0.39 is 6.10 Å². The highest BCUT2D eigenvalue weighted by atomic mass is 35.5. The van der Waals surface area contributed by atoms with E-state index in [1.54, 1.807) is 12.1 Å². The van der Waals surface area contributed by atoms with E-state index in [1.807, 2.05) is 13.0 Å². The lowest BCUT2D eigenvalue weighted by Crippen LogP contribution is -2.01. The lowest BCUT2D eigenvalue weighted by molar-refractivity contribution is 0.182. The van der Waals surface area contributed by atoms with Crippen LogP contribution in [0.2, 0.25) is 4.34 Å². The minimum Gasteiger partial charge on any atom is -0.387 e. The average molecular weight is 271 g/mol. The van der Waals surface area contributed by atoms with Crippen LogP contribution in [0.15, 0.2) is 30.3 Å². The maximum absolute atomic E-state index is 12.9. The maximum Gasteiger partial charge on any atom is 0.123 e. The second kappa shape index (κ2) is 5.17. The monoisotopic (exact) mass is 270 g/mol. The van der Waals surface area contributed by atoms with Gasteiger partial charge in [-0.25, -0.2) is 4.39 Å².